The summed E-state index contributed by atoms with van der Waals surface area (Å²) in [5, 5.41) is 8.75. The average molecular weight is 263 g/mol. The van der Waals surface area contributed by atoms with Gasteiger partial charge >= 0.3 is 12.1 Å². The Morgan fingerprint density at radius 1 is 1.33 bits per heavy atom. The number of hydrogen-bond acceptors (Lipinski definition) is 4. The second-order valence-corrected chi connectivity index (χ2v) is 3.24. The molecule has 0 radical (unpaired) electrons. The molecule has 0 spiro atoms. The fraction of sp³-hybridized carbons (Fsp3) is 0.200. The number of carboxylic acid groups (broad SMARTS) is 1. The summed E-state index contributed by atoms with van der Waals surface area (Å²) in [6, 6.07) is 1.91. The Morgan fingerprint density at radius 2 is 1.89 bits per heavy atom. The monoisotopic (exact) mass is 263 g/mol. The number of carboxylic acids is 1. The van der Waals surface area contributed by atoms with Crippen LogP contribution in [0.5, 0.6) is 5.75 Å². The van der Waals surface area contributed by atoms with Gasteiger partial charge in [-0.3, -0.25) is 4.79 Å². The van der Waals surface area contributed by atoms with Crippen molar-refractivity contribution < 1.29 is 32.6 Å². The summed E-state index contributed by atoms with van der Waals surface area (Å²) in [7, 11) is 1.13. The molecule has 0 aliphatic carbocycles. The summed E-state index contributed by atoms with van der Waals surface area (Å²) < 4.78 is 41.7. The molecule has 0 unspecified atom stereocenters. The molecular formula is C10H8F3NO4. The van der Waals surface area contributed by atoms with Crippen molar-refractivity contribution in [2.24, 2.45) is 0 Å². The number of nitrogens with two attached hydrogens (primary N) is 1. The highest BCUT2D eigenvalue weighted by atomic mass is 19.4. The molecule has 0 aliphatic rings. The molecule has 1 aromatic rings. The number of ketones is 1. The molecule has 0 heterocycles. The smallest absolute Gasteiger partial charge is 0.454 e. The molecule has 0 aliphatic heterocycles. The minimum absolute atomic E-state index is 0.201. The summed E-state index contributed by atoms with van der Waals surface area (Å²) in [5.41, 5.74) is 2.73. The first-order chi connectivity index (χ1) is 8.20. The van der Waals surface area contributed by atoms with Gasteiger partial charge in [0.15, 0.2) is 0 Å². The summed E-state index contributed by atoms with van der Waals surface area (Å²) in [6.07, 6.45) is -5.22. The molecule has 5 nitrogen and oxygen atoms in total. The van der Waals surface area contributed by atoms with E-state index in [0.717, 1.165) is 19.2 Å². The number of methoxy groups -OCH3 is 1. The van der Waals surface area contributed by atoms with E-state index in [1.807, 2.05) is 0 Å². The standard InChI is InChI=1S/C10H8F3NO4/c1-18-5-3-2-4(9(16)17)6(7(5)14)8(15)10(11,12)13/h2-3H,14H2,1H3,(H,16,17). The van der Waals surface area contributed by atoms with Crippen LogP contribution in [0.4, 0.5) is 18.9 Å². The van der Waals surface area contributed by atoms with E-state index in [9.17, 15) is 22.8 Å². The Kier molecular flexibility index (Phi) is 3.49. The molecule has 0 bridgehead atoms. The number of carbonyl (C=O) groups is 2. The number of nitrogen functional groups attached to an aromatic ring is 1. The van der Waals surface area contributed by atoms with Crippen LogP contribution >= 0.6 is 0 Å². The Hall–Kier alpha value is -2.25. The van der Waals surface area contributed by atoms with Crippen LogP contribution in [0, 0.1) is 0 Å². The molecular weight excluding hydrogens is 255 g/mol. The first-order valence-electron chi connectivity index (χ1n) is 4.51. The molecule has 18 heavy (non-hydrogen) atoms. The third-order valence-electron chi connectivity index (χ3n) is 2.14. The Labute approximate surface area is 99.0 Å². The molecule has 0 atom stereocenters. The lowest BCUT2D eigenvalue weighted by atomic mass is 10.0. The SMILES string of the molecule is COc1ccc(C(=O)O)c(C(=O)C(F)(F)F)c1N. The van der Waals surface area contributed by atoms with E-state index in [2.05, 4.69) is 4.74 Å². The molecule has 3 N–H and O–H groups in total. The number of alkyl halides is 3. The number of halogens is 3. The zero-order valence-corrected chi connectivity index (χ0v) is 9.04. The highest BCUT2D eigenvalue weighted by molar-refractivity contribution is 6.12. The second-order valence-electron chi connectivity index (χ2n) is 3.24. The number of aromatic carboxylic acids is 1. The van der Waals surface area contributed by atoms with Gasteiger partial charge in [0.2, 0.25) is 0 Å². The topological polar surface area (TPSA) is 89.6 Å². The van der Waals surface area contributed by atoms with E-state index >= 15 is 0 Å². The second kappa shape index (κ2) is 4.55. The van der Waals surface area contributed by atoms with Crippen LogP contribution in [0.15, 0.2) is 12.1 Å². The highest BCUT2D eigenvalue weighted by Crippen LogP contribution is 2.33. The van der Waals surface area contributed by atoms with Crippen LogP contribution in [0.1, 0.15) is 20.7 Å². The number of carbonyl (C=O) groups excluding carboxylic acids is 1. The van der Waals surface area contributed by atoms with Gasteiger partial charge in [-0.1, -0.05) is 0 Å². The van der Waals surface area contributed by atoms with Crippen molar-refractivity contribution in [2.75, 3.05) is 12.8 Å². The van der Waals surface area contributed by atoms with Gasteiger partial charge in [0.05, 0.1) is 23.9 Å². The van der Waals surface area contributed by atoms with Gasteiger partial charge < -0.3 is 15.6 Å². The minimum Gasteiger partial charge on any atom is -0.495 e. The third-order valence-corrected chi connectivity index (χ3v) is 2.14. The maximum Gasteiger partial charge on any atom is 0.454 e. The zero-order valence-electron chi connectivity index (χ0n) is 9.04. The van der Waals surface area contributed by atoms with Gasteiger partial charge in [-0.2, -0.15) is 13.2 Å². The highest BCUT2D eigenvalue weighted by Gasteiger charge is 2.42. The molecule has 0 fully saturated rings. The first-order valence-corrected chi connectivity index (χ1v) is 4.51. The Balaban J connectivity index is 3.56. The predicted octanol–water partition coefficient (Wildman–Crippen LogP) is 1.72. The summed E-state index contributed by atoms with van der Waals surface area (Å²) in [5.74, 6) is -4.21. The minimum atomic E-state index is -5.22. The van der Waals surface area contributed by atoms with Crippen molar-refractivity contribution in [2.45, 2.75) is 6.18 Å². The van der Waals surface area contributed by atoms with E-state index in [4.69, 9.17) is 10.8 Å². The van der Waals surface area contributed by atoms with E-state index in [1.54, 1.807) is 0 Å². The summed E-state index contributed by atoms with van der Waals surface area (Å²) in [4.78, 5) is 21.9. The number of hydrogen-bond donors (Lipinski definition) is 2. The van der Waals surface area contributed by atoms with Crippen LogP contribution in [0.2, 0.25) is 0 Å². The van der Waals surface area contributed by atoms with Crippen LogP contribution in [0.3, 0.4) is 0 Å². The lowest BCUT2D eigenvalue weighted by molar-refractivity contribution is -0.0885. The van der Waals surface area contributed by atoms with Gasteiger partial charge in [0.25, 0.3) is 5.78 Å². The van der Waals surface area contributed by atoms with E-state index in [1.165, 1.54) is 0 Å². The fourth-order valence-electron chi connectivity index (χ4n) is 1.34. The Morgan fingerprint density at radius 3 is 2.28 bits per heavy atom. The van der Waals surface area contributed by atoms with E-state index in [-0.39, 0.29) is 5.75 Å². The van der Waals surface area contributed by atoms with Gasteiger partial charge in [-0.25, -0.2) is 4.79 Å². The van der Waals surface area contributed by atoms with Gasteiger partial charge in [0, 0.05) is 0 Å². The number of ether oxygens (including phenoxy) is 1. The predicted molar refractivity (Wildman–Crippen MR) is 54.8 cm³/mol. The number of benzene rings is 1. The lowest BCUT2D eigenvalue weighted by Crippen LogP contribution is -2.26. The van der Waals surface area contributed by atoms with Crippen molar-refractivity contribution >= 4 is 17.4 Å². The molecule has 0 saturated carbocycles. The molecule has 8 heteroatoms. The van der Waals surface area contributed by atoms with E-state index < -0.39 is 34.7 Å². The summed E-state index contributed by atoms with van der Waals surface area (Å²) >= 11 is 0. The van der Waals surface area contributed by atoms with Crippen molar-refractivity contribution in [1.82, 2.24) is 0 Å². The fourth-order valence-corrected chi connectivity index (χ4v) is 1.34. The van der Waals surface area contributed by atoms with E-state index in [0.29, 0.717) is 0 Å². The normalized spacial score (nSPS) is 11.1. The maximum absolute atomic E-state index is 12.4. The van der Waals surface area contributed by atoms with Gasteiger partial charge in [-0.15, -0.1) is 0 Å². The van der Waals surface area contributed by atoms with Crippen molar-refractivity contribution in [3.63, 3.8) is 0 Å². The molecule has 0 amide bonds. The van der Waals surface area contributed by atoms with Crippen LogP contribution in [-0.4, -0.2) is 30.1 Å². The summed E-state index contributed by atoms with van der Waals surface area (Å²) in [6.45, 7) is 0. The van der Waals surface area contributed by atoms with Crippen molar-refractivity contribution in [3.05, 3.63) is 23.3 Å². The molecule has 0 aromatic heterocycles. The molecule has 1 rings (SSSR count). The van der Waals surface area contributed by atoms with Crippen molar-refractivity contribution in [1.29, 1.82) is 0 Å². The lowest BCUT2D eigenvalue weighted by Gasteiger charge is -2.13. The van der Waals surface area contributed by atoms with Crippen LogP contribution < -0.4 is 10.5 Å². The zero-order chi connectivity index (χ0) is 14.1. The van der Waals surface area contributed by atoms with Gasteiger partial charge in [0.1, 0.15) is 5.75 Å². The number of Topliss-reactive ketones (excluding diaryl/α,β-unsaturated/α-hetero) is 1. The van der Waals surface area contributed by atoms with Crippen molar-refractivity contribution in [3.8, 4) is 5.75 Å². The largest absolute Gasteiger partial charge is 0.495 e. The number of rotatable bonds is 3. The average Bonchev–Trinajstić information content (AvgIpc) is 2.26. The molecule has 98 valence electrons. The van der Waals surface area contributed by atoms with Gasteiger partial charge in [-0.05, 0) is 12.1 Å². The third kappa shape index (κ3) is 2.36. The Bertz CT molecular complexity index is 511. The molecule has 0 saturated heterocycles. The quantitative estimate of drug-likeness (QED) is 0.640. The first kappa shape index (κ1) is 13.8. The number of anilines is 1. The van der Waals surface area contributed by atoms with Crippen LogP contribution in [-0.2, 0) is 0 Å². The van der Waals surface area contributed by atoms with Crippen LogP contribution in [0.25, 0.3) is 0 Å². The molecule has 1 aromatic carbocycles. The maximum atomic E-state index is 12.4.